The molecule has 0 spiro atoms. The first-order chi connectivity index (χ1) is 10.3. The Bertz CT molecular complexity index is 588. The van der Waals surface area contributed by atoms with Crippen molar-refractivity contribution in [1.29, 1.82) is 0 Å². The monoisotopic (exact) mass is 304 g/mol. The summed E-state index contributed by atoms with van der Waals surface area (Å²) in [5.41, 5.74) is 6.71. The third kappa shape index (κ3) is 5.36. The molecule has 110 valence electrons. The second-order valence-electron chi connectivity index (χ2n) is 4.35. The summed E-state index contributed by atoms with van der Waals surface area (Å²) in [5, 5.41) is 4.52. The summed E-state index contributed by atoms with van der Waals surface area (Å²) in [7, 11) is 0. The van der Waals surface area contributed by atoms with Crippen molar-refractivity contribution in [3.8, 4) is 5.75 Å². The van der Waals surface area contributed by atoms with Gasteiger partial charge in [0.1, 0.15) is 18.2 Å². The first kappa shape index (κ1) is 15.2. The van der Waals surface area contributed by atoms with E-state index in [0.29, 0.717) is 30.5 Å². The molecule has 0 amide bonds. The molecule has 0 radical (unpaired) electrons. The van der Waals surface area contributed by atoms with Gasteiger partial charge < -0.3 is 15.3 Å². The molecule has 2 aromatic rings. The number of hydrogen-bond acceptors (Lipinski definition) is 3. The lowest BCUT2D eigenvalue weighted by molar-refractivity contribution is 0.106. The molecule has 2 rings (SSSR count). The number of hydrogen-bond donors (Lipinski definition) is 1. The van der Waals surface area contributed by atoms with Crippen LogP contribution in [0.4, 0.5) is 0 Å². The minimum atomic E-state index is 0.331. The molecule has 0 atom stereocenters. The van der Waals surface area contributed by atoms with Crippen LogP contribution in [-0.4, -0.2) is 19.0 Å². The van der Waals surface area contributed by atoms with E-state index in [-0.39, 0.29) is 0 Å². The molecule has 0 unspecified atom stereocenters. The topological polar surface area (TPSA) is 56.8 Å². The van der Waals surface area contributed by atoms with E-state index >= 15 is 0 Å². The summed E-state index contributed by atoms with van der Waals surface area (Å²) >= 11 is 6.05. The van der Waals surface area contributed by atoms with Gasteiger partial charge in [0.25, 0.3) is 0 Å². The van der Waals surface area contributed by atoms with Gasteiger partial charge in [0.05, 0.1) is 0 Å². The van der Waals surface area contributed by atoms with Crippen molar-refractivity contribution < 1.29 is 9.57 Å². The van der Waals surface area contributed by atoms with E-state index < -0.39 is 0 Å². The van der Waals surface area contributed by atoms with Crippen molar-refractivity contribution >= 4 is 17.4 Å². The number of amidine groups is 1. The first-order valence-corrected chi connectivity index (χ1v) is 6.99. The van der Waals surface area contributed by atoms with Crippen LogP contribution in [0.5, 0.6) is 5.75 Å². The van der Waals surface area contributed by atoms with Crippen LogP contribution in [-0.2, 0) is 11.3 Å². The summed E-state index contributed by atoms with van der Waals surface area (Å²) < 4.78 is 5.47. The number of halogens is 1. The van der Waals surface area contributed by atoms with Gasteiger partial charge in [-0.2, -0.15) is 0 Å². The van der Waals surface area contributed by atoms with Gasteiger partial charge in [-0.1, -0.05) is 53.2 Å². The number of nitrogens with two attached hydrogens (primary N) is 1. The first-order valence-electron chi connectivity index (χ1n) is 6.61. The molecule has 0 bridgehead atoms. The van der Waals surface area contributed by atoms with Gasteiger partial charge in [0, 0.05) is 11.4 Å². The van der Waals surface area contributed by atoms with Gasteiger partial charge in [0.2, 0.25) is 0 Å². The molecule has 0 heterocycles. The van der Waals surface area contributed by atoms with Crippen LogP contribution in [0.3, 0.4) is 0 Å². The number of benzene rings is 2. The van der Waals surface area contributed by atoms with Gasteiger partial charge in [-0.25, -0.2) is 0 Å². The number of para-hydroxylation sites is 1. The van der Waals surface area contributed by atoms with Gasteiger partial charge in [-0.3, -0.25) is 0 Å². The van der Waals surface area contributed by atoms with Crippen LogP contribution < -0.4 is 10.5 Å². The Morgan fingerprint density at radius 3 is 2.48 bits per heavy atom. The summed E-state index contributed by atoms with van der Waals surface area (Å²) in [6, 6.07) is 17.0. The molecular weight excluding hydrogens is 288 g/mol. The summed E-state index contributed by atoms with van der Waals surface area (Å²) in [6.07, 6.45) is 0.458. The third-order valence-corrected chi connectivity index (χ3v) is 3.07. The van der Waals surface area contributed by atoms with Crippen LogP contribution in [0, 0.1) is 0 Å². The zero-order valence-corrected chi connectivity index (χ0v) is 12.3. The van der Waals surface area contributed by atoms with Crippen molar-refractivity contribution in [2.24, 2.45) is 10.9 Å². The van der Waals surface area contributed by atoms with Gasteiger partial charge in [-0.05, 0) is 23.8 Å². The van der Waals surface area contributed by atoms with Crippen LogP contribution in [0.1, 0.15) is 5.56 Å². The lowest BCUT2D eigenvalue weighted by Gasteiger charge is -2.06. The van der Waals surface area contributed by atoms with E-state index in [2.05, 4.69) is 5.16 Å². The molecule has 2 N–H and O–H groups in total. The number of nitrogens with zero attached hydrogens (tertiary/aromatic N) is 1. The Kier molecular flexibility index (Phi) is 5.91. The fourth-order valence-electron chi connectivity index (χ4n) is 1.71. The largest absolute Gasteiger partial charge is 0.490 e. The standard InChI is InChI=1S/C16H17ClN2O2/c17-15-9-5-4-6-13(15)12-16(18)19-21-11-10-20-14-7-2-1-3-8-14/h1-9H,10-12H2,(H2,18,19). The molecule has 0 aliphatic rings. The second kappa shape index (κ2) is 8.17. The lowest BCUT2D eigenvalue weighted by atomic mass is 10.1. The highest BCUT2D eigenvalue weighted by Gasteiger charge is 2.02. The number of ether oxygens (including phenoxy) is 1. The summed E-state index contributed by atoms with van der Waals surface area (Å²) in [5.74, 6) is 1.18. The summed E-state index contributed by atoms with van der Waals surface area (Å²) in [6.45, 7) is 0.741. The smallest absolute Gasteiger partial charge is 0.151 e. The maximum Gasteiger partial charge on any atom is 0.151 e. The zero-order valence-electron chi connectivity index (χ0n) is 11.5. The Morgan fingerprint density at radius 1 is 1.00 bits per heavy atom. The molecule has 4 nitrogen and oxygen atoms in total. The molecule has 5 heteroatoms. The molecule has 0 fully saturated rings. The Balaban J connectivity index is 1.70. The molecule has 0 aliphatic carbocycles. The predicted octanol–water partition coefficient (Wildman–Crippen LogP) is 3.25. The van der Waals surface area contributed by atoms with E-state index in [1.165, 1.54) is 0 Å². The van der Waals surface area contributed by atoms with Crippen LogP contribution in [0.25, 0.3) is 0 Å². The zero-order chi connectivity index (χ0) is 14.9. The van der Waals surface area contributed by atoms with E-state index in [4.69, 9.17) is 26.9 Å². The van der Waals surface area contributed by atoms with Crippen LogP contribution in [0.2, 0.25) is 5.02 Å². The van der Waals surface area contributed by atoms with Gasteiger partial charge in [0.15, 0.2) is 6.61 Å². The lowest BCUT2D eigenvalue weighted by Crippen LogP contribution is -2.16. The maximum atomic E-state index is 6.05. The SMILES string of the molecule is N/C(Cc1ccccc1Cl)=N\OCCOc1ccccc1. The van der Waals surface area contributed by atoms with Crippen molar-refractivity contribution in [1.82, 2.24) is 0 Å². The Hall–Kier alpha value is -2.20. The molecule has 0 saturated heterocycles. The highest BCUT2D eigenvalue weighted by molar-refractivity contribution is 6.31. The highest BCUT2D eigenvalue weighted by atomic mass is 35.5. The fourth-order valence-corrected chi connectivity index (χ4v) is 1.91. The molecular formula is C16H17ClN2O2. The van der Waals surface area contributed by atoms with E-state index in [1.807, 2.05) is 54.6 Å². The second-order valence-corrected chi connectivity index (χ2v) is 4.75. The minimum absolute atomic E-state index is 0.331. The van der Waals surface area contributed by atoms with Crippen molar-refractivity contribution in [2.45, 2.75) is 6.42 Å². The molecule has 0 aliphatic heterocycles. The van der Waals surface area contributed by atoms with Crippen molar-refractivity contribution in [2.75, 3.05) is 13.2 Å². The Labute approximate surface area is 129 Å². The molecule has 2 aromatic carbocycles. The molecule has 0 saturated carbocycles. The molecule has 0 aromatic heterocycles. The highest BCUT2D eigenvalue weighted by Crippen LogP contribution is 2.15. The predicted molar refractivity (Wildman–Crippen MR) is 84.7 cm³/mol. The van der Waals surface area contributed by atoms with E-state index in [1.54, 1.807) is 0 Å². The van der Waals surface area contributed by atoms with Gasteiger partial charge >= 0.3 is 0 Å². The van der Waals surface area contributed by atoms with E-state index in [0.717, 1.165) is 11.3 Å². The normalized spacial score (nSPS) is 11.2. The van der Waals surface area contributed by atoms with Crippen LogP contribution >= 0.6 is 11.6 Å². The van der Waals surface area contributed by atoms with Crippen molar-refractivity contribution in [3.05, 3.63) is 65.2 Å². The van der Waals surface area contributed by atoms with Crippen LogP contribution in [0.15, 0.2) is 59.8 Å². The van der Waals surface area contributed by atoms with E-state index in [9.17, 15) is 0 Å². The van der Waals surface area contributed by atoms with Crippen molar-refractivity contribution in [3.63, 3.8) is 0 Å². The number of rotatable bonds is 7. The Morgan fingerprint density at radius 2 is 1.71 bits per heavy atom. The van der Waals surface area contributed by atoms with Gasteiger partial charge in [-0.15, -0.1) is 0 Å². The third-order valence-electron chi connectivity index (χ3n) is 2.70. The quantitative estimate of drug-likeness (QED) is 0.370. The molecule has 21 heavy (non-hydrogen) atoms. The average molecular weight is 305 g/mol. The maximum absolute atomic E-state index is 6.05. The number of oxime groups is 1. The summed E-state index contributed by atoms with van der Waals surface area (Å²) in [4.78, 5) is 5.12. The fraction of sp³-hybridized carbons (Fsp3) is 0.188. The average Bonchev–Trinajstić information content (AvgIpc) is 2.50. The minimum Gasteiger partial charge on any atom is -0.490 e.